The standard InChI is InChI=1S/C24H31NO2/c1-13-9-10-15(11-14(13)2)18-19-20(26)16(23(3,4)5)12-17(24(6,7)8)21(19)27-22(18)25/h9-12,26H,25H2,1-8H3. The van der Waals surface area contributed by atoms with Crippen LogP contribution in [0.2, 0.25) is 0 Å². The van der Waals surface area contributed by atoms with E-state index in [-0.39, 0.29) is 16.6 Å². The van der Waals surface area contributed by atoms with Gasteiger partial charge in [-0.2, -0.15) is 0 Å². The van der Waals surface area contributed by atoms with Gasteiger partial charge in [-0.3, -0.25) is 0 Å². The summed E-state index contributed by atoms with van der Waals surface area (Å²) in [6, 6.07) is 8.31. The number of fused-ring (bicyclic) bond motifs is 1. The van der Waals surface area contributed by atoms with Crippen molar-refractivity contribution in [3.05, 3.63) is 46.5 Å². The van der Waals surface area contributed by atoms with E-state index in [1.165, 1.54) is 11.1 Å². The molecule has 0 saturated heterocycles. The van der Waals surface area contributed by atoms with E-state index in [2.05, 4.69) is 73.6 Å². The highest BCUT2D eigenvalue weighted by atomic mass is 16.3. The van der Waals surface area contributed by atoms with Gasteiger partial charge in [-0.1, -0.05) is 59.7 Å². The maximum atomic E-state index is 11.2. The lowest BCUT2D eigenvalue weighted by Crippen LogP contribution is -2.16. The molecule has 0 unspecified atom stereocenters. The van der Waals surface area contributed by atoms with Crippen LogP contribution in [0.25, 0.3) is 22.1 Å². The molecule has 3 aromatic rings. The van der Waals surface area contributed by atoms with Crippen molar-refractivity contribution in [2.45, 2.75) is 66.2 Å². The first kappa shape index (κ1) is 19.3. The third-order valence-corrected chi connectivity index (χ3v) is 5.37. The van der Waals surface area contributed by atoms with Crippen LogP contribution in [-0.2, 0) is 10.8 Å². The zero-order chi connectivity index (χ0) is 20.3. The van der Waals surface area contributed by atoms with E-state index < -0.39 is 0 Å². The smallest absolute Gasteiger partial charge is 0.199 e. The van der Waals surface area contributed by atoms with Crippen molar-refractivity contribution in [3.8, 4) is 16.9 Å². The van der Waals surface area contributed by atoms with Gasteiger partial charge in [0.25, 0.3) is 0 Å². The summed E-state index contributed by atoms with van der Waals surface area (Å²) in [6.45, 7) is 17.0. The Kier molecular flexibility index (Phi) is 4.33. The number of aromatic hydroxyl groups is 1. The molecule has 0 fully saturated rings. The van der Waals surface area contributed by atoms with Crippen LogP contribution in [0.3, 0.4) is 0 Å². The molecular formula is C24H31NO2. The summed E-state index contributed by atoms with van der Waals surface area (Å²) >= 11 is 0. The van der Waals surface area contributed by atoms with Crippen molar-refractivity contribution >= 4 is 16.9 Å². The highest BCUT2D eigenvalue weighted by Crippen LogP contribution is 2.49. The molecule has 3 N–H and O–H groups in total. The van der Waals surface area contributed by atoms with Crippen LogP contribution in [0.4, 0.5) is 5.88 Å². The van der Waals surface area contributed by atoms with Crippen molar-refractivity contribution in [2.75, 3.05) is 5.73 Å². The fourth-order valence-corrected chi connectivity index (χ4v) is 3.59. The summed E-state index contributed by atoms with van der Waals surface area (Å²) < 4.78 is 6.05. The lowest BCUT2D eigenvalue weighted by atomic mass is 9.78. The molecule has 3 heteroatoms. The van der Waals surface area contributed by atoms with Gasteiger partial charge < -0.3 is 15.3 Å². The zero-order valence-corrected chi connectivity index (χ0v) is 17.7. The fourth-order valence-electron chi connectivity index (χ4n) is 3.59. The van der Waals surface area contributed by atoms with Gasteiger partial charge in [0.15, 0.2) is 5.88 Å². The Labute approximate surface area is 162 Å². The van der Waals surface area contributed by atoms with Crippen LogP contribution < -0.4 is 5.73 Å². The largest absolute Gasteiger partial charge is 0.507 e. The van der Waals surface area contributed by atoms with Gasteiger partial charge in [-0.25, -0.2) is 0 Å². The fraction of sp³-hybridized carbons (Fsp3) is 0.417. The highest BCUT2D eigenvalue weighted by Gasteiger charge is 2.30. The molecule has 0 radical (unpaired) electrons. The Bertz CT molecular complexity index is 1030. The summed E-state index contributed by atoms with van der Waals surface area (Å²) in [5.74, 6) is 0.610. The first-order chi connectivity index (χ1) is 12.3. The highest BCUT2D eigenvalue weighted by molar-refractivity contribution is 6.05. The number of benzene rings is 2. The molecule has 0 bridgehead atoms. The maximum Gasteiger partial charge on any atom is 0.199 e. The molecule has 1 aromatic heterocycles. The van der Waals surface area contributed by atoms with Gasteiger partial charge in [-0.15, -0.1) is 0 Å². The number of furan rings is 1. The van der Waals surface area contributed by atoms with E-state index in [0.717, 1.165) is 22.3 Å². The minimum Gasteiger partial charge on any atom is -0.507 e. The number of hydrogen-bond acceptors (Lipinski definition) is 3. The van der Waals surface area contributed by atoms with Crippen LogP contribution in [0.1, 0.15) is 63.8 Å². The average molecular weight is 366 g/mol. The number of hydrogen-bond donors (Lipinski definition) is 2. The normalized spacial score (nSPS) is 12.7. The molecule has 0 aliphatic heterocycles. The number of aryl methyl sites for hydroxylation is 2. The molecule has 0 aliphatic rings. The summed E-state index contributed by atoms with van der Waals surface area (Å²) in [4.78, 5) is 0. The summed E-state index contributed by atoms with van der Waals surface area (Å²) in [7, 11) is 0. The van der Waals surface area contributed by atoms with E-state index in [9.17, 15) is 5.11 Å². The number of phenols is 1. The SMILES string of the molecule is Cc1ccc(-c2c(N)oc3c(C(C)(C)C)cc(C(C)(C)C)c(O)c23)cc1C. The second kappa shape index (κ2) is 6.05. The minimum absolute atomic E-state index is 0.142. The molecule has 0 saturated carbocycles. The Morgan fingerprint density at radius 3 is 1.96 bits per heavy atom. The molecule has 0 aliphatic carbocycles. The van der Waals surface area contributed by atoms with Gasteiger partial charge in [-0.05, 0) is 47.4 Å². The molecule has 27 heavy (non-hydrogen) atoms. The van der Waals surface area contributed by atoms with Crippen LogP contribution in [0, 0.1) is 13.8 Å². The van der Waals surface area contributed by atoms with Crippen molar-refractivity contribution in [1.29, 1.82) is 0 Å². The zero-order valence-electron chi connectivity index (χ0n) is 17.7. The molecule has 144 valence electrons. The van der Waals surface area contributed by atoms with E-state index >= 15 is 0 Å². The number of phenolic OH excluding ortho intramolecular Hbond substituents is 1. The van der Waals surface area contributed by atoms with Crippen molar-refractivity contribution in [1.82, 2.24) is 0 Å². The van der Waals surface area contributed by atoms with Crippen molar-refractivity contribution in [3.63, 3.8) is 0 Å². The van der Waals surface area contributed by atoms with Crippen molar-refractivity contribution < 1.29 is 9.52 Å². The molecule has 3 nitrogen and oxygen atoms in total. The Hall–Kier alpha value is -2.42. The van der Waals surface area contributed by atoms with E-state index in [1.54, 1.807) is 0 Å². The van der Waals surface area contributed by atoms with Gasteiger partial charge >= 0.3 is 0 Å². The topological polar surface area (TPSA) is 59.4 Å². The van der Waals surface area contributed by atoms with Crippen LogP contribution in [0.5, 0.6) is 5.75 Å². The van der Waals surface area contributed by atoms with E-state index in [0.29, 0.717) is 16.9 Å². The predicted molar refractivity (Wildman–Crippen MR) is 115 cm³/mol. The Morgan fingerprint density at radius 1 is 0.852 bits per heavy atom. The summed E-state index contributed by atoms with van der Waals surface area (Å²) in [5, 5.41) is 12.0. The number of nitrogens with two attached hydrogens (primary N) is 1. The molecule has 2 aromatic carbocycles. The molecule has 0 amide bonds. The number of anilines is 1. The van der Waals surface area contributed by atoms with Gasteiger partial charge in [0, 0.05) is 11.1 Å². The molecule has 0 atom stereocenters. The number of rotatable bonds is 1. The van der Waals surface area contributed by atoms with Crippen LogP contribution in [-0.4, -0.2) is 5.11 Å². The van der Waals surface area contributed by atoms with Gasteiger partial charge in [0.05, 0.1) is 10.9 Å². The van der Waals surface area contributed by atoms with E-state index in [4.69, 9.17) is 10.2 Å². The second-order valence-corrected chi connectivity index (χ2v) is 9.66. The van der Waals surface area contributed by atoms with Crippen molar-refractivity contribution in [2.24, 2.45) is 0 Å². The molecule has 3 rings (SSSR count). The molecular weight excluding hydrogens is 334 g/mol. The number of nitrogen functional groups attached to an aromatic ring is 1. The summed E-state index contributed by atoms with van der Waals surface area (Å²) in [6.07, 6.45) is 0. The monoisotopic (exact) mass is 365 g/mol. The maximum absolute atomic E-state index is 11.2. The minimum atomic E-state index is -0.204. The first-order valence-electron chi connectivity index (χ1n) is 9.49. The Morgan fingerprint density at radius 2 is 1.44 bits per heavy atom. The lowest BCUT2D eigenvalue weighted by molar-refractivity contribution is 0.450. The molecule has 1 heterocycles. The third-order valence-electron chi connectivity index (χ3n) is 5.37. The quantitative estimate of drug-likeness (QED) is 0.511. The molecule has 0 spiro atoms. The van der Waals surface area contributed by atoms with Crippen LogP contribution >= 0.6 is 0 Å². The van der Waals surface area contributed by atoms with Gasteiger partial charge in [0.2, 0.25) is 0 Å². The van der Waals surface area contributed by atoms with Gasteiger partial charge in [0.1, 0.15) is 11.3 Å². The van der Waals surface area contributed by atoms with E-state index in [1.807, 2.05) is 6.07 Å². The summed E-state index contributed by atoms with van der Waals surface area (Å²) in [5.41, 5.74) is 12.8. The second-order valence-electron chi connectivity index (χ2n) is 9.66. The lowest BCUT2D eigenvalue weighted by Gasteiger charge is -2.26. The Balaban J connectivity index is 2.49. The third kappa shape index (κ3) is 3.20. The first-order valence-corrected chi connectivity index (χ1v) is 9.49. The average Bonchev–Trinajstić information content (AvgIpc) is 2.85. The van der Waals surface area contributed by atoms with Crippen LogP contribution in [0.15, 0.2) is 28.7 Å². The predicted octanol–water partition coefficient (Wildman–Crippen LogP) is 6.60.